The number of hydrogen-bond acceptors (Lipinski definition) is 9. The Labute approximate surface area is 276 Å². The van der Waals surface area contributed by atoms with Gasteiger partial charge in [-0.1, -0.05) is 18.1 Å². The Morgan fingerprint density at radius 2 is 2.00 bits per heavy atom. The van der Waals surface area contributed by atoms with Gasteiger partial charge in [-0.3, -0.25) is 14.6 Å². The van der Waals surface area contributed by atoms with Gasteiger partial charge in [0.25, 0.3) is 0 Å². The molecule has 2 bridgehead atoms. The summed E-state index contributed by atoms with van der Waals surface area (Å²) >= 11 is 0. The van der Waals surface area contributed by atoms with E-state index < -0.39 is 5.82 Å². The van der Waals surface area contributed by atoms with Crippen LogP contribution in [-0.4, -0.2) is 78.6 Å². The summed E-state index contributed by atoms with van der Waals surface area (Å²) in [7, 11) is 0. The van der Waals surface area contributed by atoms with Gasteiger partial charge in [-0.2, -0.15) is 15.1 Å². The molecule has 8 heterocycles. The van der Waals surface area contributed by atoms with E-state index in [0.717, 1.165) is 58.3 Å². The molecule has 0 aliphatic carbocycles. The van der Waals surface area contributed by atoms with Crippen molar-refractivity contribution in [2.45, 2.75) is 62.3 Å². The zero-order chi connectivity index (χ0) is 32.1. The molecule has 10 nitrogen and oxygen atoms in total. The Bertz CT molecular complexity index is 2170. The summed E-state index contributed by atoms with van der Waals surface area (Å²) < 4.78 is 25.7. The van der Waals surface area contributed by atoms with Crippen LogP contribution in [0.3, 0.4) is 0 Å². The molecule has 0 spiro atoms. The first-order chi connectivity index (χ1) is 23.5. The van der Waals surface area contributed by atoms with Crippen LogP contribution in [0.5, 0.6) is 11.8 Å². The van der Waals surface area contributed by atoms with Crippen LogP contribution in [0.2, 0.25) is 0 Å². The van der Waals surface area contributed by atoms with Crippen molar-refractivity contribution in [2.75, 3.05) is 31.1 Å². The molecule has 0 radical (unpaired) electrons. The molecule has 0 unspecified atom stereocenters. The second kappa shape index (κ2) is 10.4. The predicted octanol–water partition coefficient (Wildman–Crippen LogP) is 4.80. The number of anilines is 1. The van der Waals surface area contributed by atoms with E-state index in [1.165, 1.54) is 11.8 Å². The fourth-order valence-electron chi connectivity index (χ4n) is 9.62. The van der Waals surface area contributed by atoms with Gasteiger partial charge in [-0.15, -0.1) is 6.42 Å². The number of fused-ring (bicyclic) bond motifs is 9. The predicted molar refractivity (Wildman–Crippen MR) is 179 cm³/mol. The number of pyridine rings is 1. The van der Waals surface area contributed by atoms with E-state index in [2.05, 4.69) is 41.9 Å². The van der Waals surface area contributed by atoms with E-state index in [1.54, 1.807) is 12.3 Å². The first-order valence-electron chi connectivity index (χ1n) is 17.0. The minimum atomic E-state index is -0.595. The smallest absolute Gasteiger partial charge is 0.319 e. The molecule has 0 saturated carbocycles. The number of aromatic hydroxyl groups is 1. The van der Waals surface area contributed by atoms with E-state index in [-0.39, 0.29) is 28.5 Å². The monoisotopic (exact) mass is 642 g/mol. The third kappa shape index (κ3) is 4.12. The fraction of sp³-hybridized carbons (Fsp3) is 0.405. The van der Waals surface area contributed by atoms with Gasteiger partial charge in [0.15, 0.2) is 5.82 Å². The number of halogens is 1. The summed E-state index contributed by atoms with van der Waals surface area (Å²) in [6.45, 7) is 3.92. The molecule has 242 valence electrons. The largest absolute Gasteiger partial charge is 0.508 e. The molecule has 2 aromatic carbocycles. The number of rotatable bonds is 5. The van der Waals surface area contributed by atoms with Crippen LogP contribution in [0, 0.1) is 24.1 Å². The number of benzene rings is 2. The van der Waals surface area contributed by atoms with Crippen LogP contribution in [0.25, 0.3) is 32.9 Å². The summed E-state index contributed by atoms with van der Waals surface area (Å²) in [4.78, 5) is 19.2. The molecule has 5 aliphatic heterocycles. The summed E-state index contributed by atoms with van der Waals surface area (Å²) in [6, 6.07) is 12.0. The van der Waals surface area contributed by atoms with Gasteiger partial charge in [0.1, 0.15) is 29.4 Å². The Morgan fingerprint density at radius 1 is 1.12 bits per heavy atom. The molecule has 10 rings (SSSR count). The molecule has 11 heteroatoms. The van der Waals surface area contributed by atoms with Crippen molar-refractivity contribution in [3.05, 3.63) is 65.9 Å². The zero-order valence-corrected chi connectivity index (χ0v) is 26.4. The fourth-order valence-corrected chi connectivity index (χ4v) is 9.62. The summed E-state index contributed by atoms with van der Waals surface area (Å²) in [5.74, 6) is 3.26. The lowest BCUT2D eigenvalue weighted by molar-refractivity contribution is 0.0834. The van der Waals surface area contributed by atoms with Gasteiger partial charge in [0.05, 0.1) is 22.7 Å². The number of nitrogens with one attached hydrogen (secondary N) is 1. The quantitative estimate of drug-likeness (QED) is 0.262. The molecule has 5 atom stereocenters. The maximum atomic E-state index is 17.0. The number of piperazine rings is 1. The maximum Gasteiger partial charge on any atom is 0.319 e. The van der Waals surface area contributed by atoms with Gasteiger partial charge in [-0.05, 0) is 68.3 Å². The van der Waals surface area contributed by atoms with Crippen LogP contribution in [0.1, 0.15) is 49.4 Å². The van der Waals surface area contributed by atoms with Gasteiger partial charge in [-0.25, -0.2) is 4.39 Å². The maximum absolute atomic E-state index is 17.0. The van der Waals surface area contributed by atoms with Crippen molar-refractivity contribution >= 4 is 27.5 Å². The third-order valence-electron chi connectivity index (χ3n) is 11.5. The lowest BCUT2D eigenvalue weighted by Gasteiger charge is -2.35. The number of nitrogens with zero attached hydrogens (tertiary/aromatic N) is 7. The molecule has 5 aliphatic rings. The normalized spacial score (nSPS) is 27.4. The topological polar surface area (TPSA) is 104 Å². The van der Waals surface area contributed by atoms with Crippen LogP contribution in [0.15, 0.2) is 48.8 Å². The third-order valence-corrected chi connectivity index (χ3v) is 11.5. The second-order valence-corrected chi connectivity index (χ2v) is 14.3. The highest BCUT2D eigenvalue weighted by Gasteiger charge is 2.57. The van der Waals surface area contributed by atoms with Crippen molar-refractivity contribution in [1.29, 1.82) is 0 Å². The Kier molecular flexibility index (Phi) is 6.09. The van der Waals surface area contributed by atoms with E-state index in [4.69, 9.17) is 21.1 Å². The lowest BCUT2D eigenvalue weighted by Crippen LogP contribution is -2.51. The van der Waals surface area contributed by atoms with Gasteiger partial charge in [0.2, 0.25) is 0 Å². The average Bonchev–Trinajstić information content (AvgIpc) is 3.90. The molecule has 2 N–H and O–H groups in total. The molecule has 0 amide bonds. The van der Waals surface area contributed by atoms with Gasteiger partial charge < -0.3 is 20.1 Å². The van der Waals surface area contributed by atoms with Crippen LogP contribution in [0.4, 0.5) is 10.2 Å². The summed E-state index contributed by atoms with van der Waals surface area (Å²) in [5.41, 5.74) is 2.40. The Hall–Kier alpha value is -4.79. The van der Waals surface area contributed by atoms with Crippen LogP contribution >= 0.6 is 0 Å². The zero-order valence-electron chi connectivity index (χ0n) is 26.4. The van der Waals surface area contributed by atoms with E-state index in [9.17, 15) is 5.11 Å². The SMILES string of the molecule is C#Cc1cccc2cc(O)cc(-c3ncc4c(N5C[C@H]6CC[C@@H](C5)N6)nc(OC[C@@]56CCCN5[C@@H]5c7ccnn7C[C@@H]5C6)nc4c3F)c12. The molecule has 5 aromatic rings. The first-order valence-corrected chi connectivity index (χ1v) is 17.0. The van der Waals surface area contributed by atoms with Gasteiger partial charge in [0, 0.05) is 66.5 Å². The standard InChI is InChI=1S/C37H35FN8O2/c1-2-21-5-3-6-22-13-26(47)14-27(30(21)22)32-31(38)33-28(16-39-32)35(44-18-24-7-8-25(19-44)41-24)43-36(42-33)48-20-37-10-4-12-45(37)34-23(15-37)17-46-29(34)9-11-40-46/h1,3,5-6,9,11,13-14,16,23-25,34,41,47H,4,7-8,10,12,15,17-20H2/t23-,24-,25+,34-,37-/m0/s1. The number of hydrogen-bond donors (Lipinski definition) is 2. The second-order valence-electron chi connectivity index (χ2n) is 14.3. The van der Waals surface area contributed by atoms with Crippen molar-refractivity contribution in [2.24, 2.45) is 5.92 Å². The number of ether oxygens (including phenoxy) is 1. The highest BCUT2D eigenvalue weighted by molar-refractivity contribution is 6.02. The minimum Gasteiger partial charge on any atom is -0.508 e. The highest BCUT2D eigenvalue weighted by atomic mass is 19.1. The van der Waals surface area contributed by atoms with Crippen molar-refractivity contribution in [3.8, 4) is 35.4 Å². The lowest BCUT2D eigenvalue weighted by atomic mass is 9.90. The Morgan fingerprint density at radius 3 is 2.85 bits per heavy atom. The van der Waals surface area contributed by atoms with Crippen LogP contribution < -0.4 is 15.0 Å². The van der Waals surface area contributed by atoms with E-state index in [1.807, 2.05) is 24.4 Å². The highest BCUT2D eigenvalue weighted by Crippen LogP contribution is 2.55. The molecular weight excluding hydrogens is 607 g/mol. The van der Waals surface area contributed by atoms with Crippen molar-refractivity contribution in [1.82, 2.24) is 34.9 Å². The molecular formula is C37H35FN8O2. The minimum absolute atomic E-state index is 0.00131. The van der Waals surface area contributed by atoms with E-state index >= 15 is 4.39 Å². The summed E-state index contributed by atoms with van der Waals surface area (Å²) in [6.07, 6.45) is 14.8. The summed E-state index contributed by atoms with van der Waals surface area (Å²) in [5, 5.41) is 20.8. The molecule has 48 heavy (non-hydrogen) atoms. The van der Waals surface area contributed by atoms with Gasteiger partial charge >= 0.3 is 6.01 Å². The van der Waals surface area contributed by atoms with Crippen molar-refractivity contribution in [3.63, 3.8) is 0 Å². The molecule has 4 fully saturated rings. The number of phenolic OH excluding ortho intramolecular Hbond substituents is 1. The molecule has 3 aromatic heterocycles. The number of terminal acetylenes is 1. The Balaban J connectivity index is 1.08. The van der Waals surface area contributed by atoms with Crippen LogP contribution in [-0.2, 0) is 6.54 Å². The van der Waals surface area contributed by atoms with E-state index in [0.29, 0.717) is 63.8 Å². The van der Waals surface area contributed by atoms with Crippen molar-refractivity contribution < 1.29 is 14.2 Å². The first kappa shape index (κ1) is 28.2. The number of aromatic nitrogens is 5. The average molecular weight is 643 g/mol. The number of phenols is 1. The molecule has 4 saturated heterocycles.